The maximum Gasteiger partial charge on any atom is 0.263 e. The number of thiophene rings is 1. The van der Waals surface area contributed by atoms with Crippen molar-refractivity contribution in [3.63, 3.8) is 0 Å². The molecule has 0 unspecified atom stereocenters. The number of carbonyl (C=O) groups excluding carboxylic acids is 1. The van der Waals surface area contributed by atoms with Gasteiger partial charge < -0.3 is 5.32 Å². The lowest BCUT2D eigenvalue weighted by Crippen LogP contribution is -2.30. The van der Waals surface area contributed by atoms with Crippen molar-refractivity contribution in [2.24, 2.45) is 0 Å². The third-order valence-corrected chi connectivity index (χ3v) is 6.34. The number of hydrogen-bond acceptors (Lipinski definition) is 4. The predicted molar refractivity (Wildman–Crippen MR) is 110 cm³/mol. The van der Waals surface area contributed by atoms with Crippen LogP contribution in [0.4, 0.5) is 5.69 Å². The van der Waals surface area contributed by atoms with Gasteiger partial charge >= 0.3 is 0 Å². The normalized spacial score (nSPS) is 13.6. The molecule has 0 saturated heterocycles. The summed E-state index contributed by atoms with van der Waals surface area (Å²) in [5.41, 5.74) is 1.47. The minimum Gasteiger partial charge on any atom is -0.324 e. The van der Waals surface area contributed by atoms with E-state index in [1.165, 1.54) is 9.44 Å². The molecule has 1 amide bonds. The average Bonchev–Trinajstić information content (AvgIpc) is 2.95. The van der Waals surface area contributed by atoms with Gasteiger partial charge in [-0.05, 0) is 56.4 Å². The van der Waals surface area contributed by atoms with Crippen LogP contribution in [0, 0.1) is 6.92 Å². The summed E-state index contributed by atoms with van der Waals surface area (Å²) in [6.45, 7) is 1.64. The van der Waals surface area contributed by atoms with Crippen molar-refractivity contribution >= 4 is 56.3 Å². The first kappa shape index (κ1) is 18.5. The SMILES string of the molecule is Cc1nc2sc3c(c2c(=O)n1CC(=O)Nc1cc(Cl)cc(Cl)c1)CCCC3. The predicted octanol–water partition coefficient (Wildman–Crippen LogP) is 4.59. The summed E-state index contributed by atoms with van der Waals surface area (Å²) in [7, 11) is 0. The zero-order chi connectivity index (χ0) is 19.1. The van der Waals surface area contributed by atoms with Crippen LogP contribution in [-0.4, -0.2) is 15.5 Å². The van der Waals surface area contributed by atoms with Crippen molar-refractivity contribution in [1.82, 2.24) is 9.55 Å². The van der Waals surface area contributed by atoms with E-state index in [4.69, 9.17) is 23.2 Å². The first-order valence-corrected chi connectivity index (χ1v) is 10.3. The van der Waals surface area contributed by atoms with Gasteiger partial charge in [0.1, 0.15) is 17.2 Å². The molecular weight excluding hydrogens is 405 g/mol. The molecule has 0 fully saturated rings. The van der Waals surface area contributed by atoms with Gasteiger partial charge in [-0.2, -0.15) is 0 Å². The van der Waals surface area contributed by atoms with Gasteiger partial charge in [0.15, 0.2) is 0 Å². The molecule has 1 aliphatic rings. The Morgan fingerprint density at radius 2 is 1.93 bits per heavy atom. The van der Waals surface area contributed by atoms with Crippen LogP contribution in [0.5, 0.6) is 0 Å². The van der Waals surface area contributed by atoms with E-state index in [2.05, 4.69) is 10.3 Å². The van der Waals surface area contributed by atoms with Crippen molar-refractivity contribution in [1.29, 1.82) is 0 Å². The Kier molecular flexibility index (Phi) is 4.97. The fourth-order valence-corrected chi connectivity index (χ4v) is 5.32. The second kappa shape index (κ2) is 7.26. The van der Waals surface area contributed by atoms with E-state index in [9.17, 15) is 9.59 Å². The van der Waals surface area contributed by atoms with Crippen LogP contribution in [0.1, 0.15) is 29.1 Å². The highest BCUT2D eigenvalue weighted by molar-refractivity contribution is 7.18. The summed E-state index contributed by atoms with van der Waals surface area (Å²) >= 11 is 13.5. The number of anilines is 1. The van der Waals surface area contributed by atoms with Gasteiger partial charge in [0, 0.05) is 20.6 Å². The Morgan fingerprint density at radius 1 is 1.22 bits per heavy atom. The number of amides is 1. The second-order valence-electron chi connectivity index (χ2n) is 6.65. The molecule has 0 spiro atoms. The molecule has 0 atom stereocenters. The summed E-state index contributed by atoms with van der Waals surface area (Å²) in [4.78, 5) is 32.2. The Balaban J connectivity index is 1.67. The molecule has 0 bridgehead atoms. The Hall–Kier alpha value is -1.89. The largest absolute Gasteiger partial charge is 0.324 e. The highest BCUT2D eigenvalue weighted by Gasteiger charge is 2.21. The fourth-order valence-electron chi connectivity index (χ4n) is 3.50. The standard InChI is InChI=1S/C19H17Cl2N3O2S/c1-10-22-18-17(14-4-2-3-5-15(14)27-18)19(26)24(10)9-16(25)23-13-7-11(20)6-12(21)8-13/h6-8H,2-5,9H2,1H3,(H,23,25). The molecule has 140 valence electrons. The van der Waals surface area contributed by atoms with Crippen molar-refractivity contribution in [3.8, 4) is 0 Å². The van der Waals surface area contributed by atoms with Gasteiger partial charge in [-0.3, -0.25) is 14.2 Å². The van der Waals surface area contributed by atoms with Crippen molar-refractivity contribution in [2.45, 2.75) is 39.2 Å². The maximum absolute atomic E-state index is 13.1. The molecule has 27 heavy (non-hydrogen) atoms. The third-order valence-electron chi connectivity index (χ3n) is 4.71. The zero-order valence-electron chi connectivity index (χ0n) is 14.6. The maximum atomic E-state index is 13.1. The Labute approximate surface area is 169 Å². The van der Waals surface area contributed by atoms with Crippen LogP contribution in [0.25, 0.3) is 10.2 Å². The van der Waals surface area contributed by atoms with Gasteiger partial charge in [-0.15, -0.1) is 11.3 Å². The van der Waals surface area contributed by atoms with Gasteiger partial charge in [0.2, 0.25) is 5.91 Å². The number of aromatic nitrogens is 2. The monoisotopic (exact) mass is 421 g/mol. The van der Waals surface area contributed by atoms with Crippen LogP contribution in [0.3, 0.4) is 0 Å². The number of hydrogen-bond donors (Lipinski definition) is 1. The molecule has 0 radical (unpaired) electrons. The molecule has 1 aromatic carbocycles. The summed E-state index contributed by atoms with van der Waals surface area (Å²) in [6, 6.07) is 4.81. The first-order chi connectivity index (χ1) is 12.9. The number of carbonyl (C=O) groups is 1. The molecule has 2 aromatic heterocycles. The average molecular weight is 422 g/mol. The molecule has 0 aliphatic heterocycles. The van der Waals surface area contributed by atoms with E-state index in [1.54, 1.807) is 36.5 Å². The van der Waals surface area contributed by atoms with Gasteiger partial charge in [0.05, 0.1) is 5.39 Å². The molecule has 8 heteroatoms. The number of fused-ring (bicyclic) bond motifs is 3. The zero-order valence-corrected chi connectivity index (χ0v) is 17.0. The number of aryl methyl sites for hydroxylation is 3. The summed E-state index contributed by atoms with van der Waals surface area (Å²) in [6.07, 6.45) is 4.15. The topological polar surface area (TPSA) is 64.0 Å². The van der Waals surface area contributed by atoms with E-state index in [-0.39, 0.29) is 18.0 Å². The highest BCUT2D eigenvalue weighted by Crippen LogP contribution is 2.33. The van der Waals surface area contributed by atoms with Gasteiger partial charge in [-0.25, -0.2) is 4.98 Å². The van der Waals surface area contributed by atoms with Gasteiger partial charge in [-0.1, -0.05) is 23.2 Å². The van der Waals surface area contributed by atoms with Crippen molar-refractivity contribution < 1.29 is 4.79 Å². The quantitative estimate of drug-likeness (QED) is 0.672. The lowest BCUT2D eigenvalue weighted by Gasteiger charge is -2.12. The van der Waals surface area contributed by atoms with E-state index in [0.29, 0.717) is 26.9 Å². The smallest absolute Gasteiger partial charge is 0.263 e. The number of benzene rings is 1. The molecule has 1 N–H and O–H groups in total. The molecule has 2 heterocycles. The lowest BCUT2D eigenvalue weighted by molar-refractivity contribution is -0.116. The van der Waals surface area contributed by atoms with E-state index in [1.807, 2.05) is 0 Å². The number of rotatable bonds is 3. The minimum absolute atomic E-state index is 0.109. The Morgan fingerprint density at radius 3 is 2.67 bits per heavy atom. The molecule has 1 aliphatic carbocycles. The van der Waals surface area contributed by atoms with E-state index < -0.39 is 0 Å². The Bertz CT molecular complexity index is 1100. The van der Waals surface area contributed by atoms with Crippen LogP contribution >= 0.6 is 34.5 Å². The summed E-state index contributed by atoms with van der Waals surface area (Å²) in [5.74, 6) is 0.203. The third kappa shape index (κ3) is 3.61. The molecule has 4 rings (SSSR count). The van der Waals surface area contributed by atoms with Gasteiger partial charge in [0.25, 0.3) is 5.56 Å². The van der Waals surface area contributed by atoms with Crippen molar-refractivity contribution in [2.75, 3.05) is 5.32 Å². The summed E-state index contributed by atoms with van der Waals surface area (Å²) < 4.78 is 1.44. The summed E-state index contributed by atoms with van der Waals surface area (Å²) in [5, 5.41) is 4.28. The second-order valence-corrected chi connectivity index (χ2v) is 8.60. The molecule has 5 nitrogen and oxygen atoms in total. The molecular formula is C19H17Cl2N3O2S. The van der Waals surface area contributed by atoms with E-state index in [0.717, 1.165) is 36.1 Å². The van der Waals surface area contributed by atoms with Crippen LogP contribution in [-0.2, 0) is 24.2 Å². The van der Waals surface area contributed by atoms with E-state index >= 15 is 0 Å². The molecule has 3 aromatic rings. The number of nitrogens with zero attached hydrogens (tertiary/aromatic N) is 2. The first-order valence-electron chi connectivity index (χ1n) is 8.70. The number of nitrogens with one attached hydrogen (secondary N) is 1. The number of halogens is 2. The lowest BCUT2D eigenvalue weighted by atomic mass is 9.97. The fraction of sp³-hybridized carbons (Fsp3) is 0.316. The highest BCUT2D eigenvalue weighted by atomic mass is 35.5. The van der Waals surface area contributed by atoms with Crippen LogP contribution < -0.4 is 10.9 Å². The van der Waals surface area contributed by atoms with Crippen LogP contribution in [0.15, 0.2) is 23.0 Å². The minimum atomic E-state index is -0.330. The van der Waals surface area contributed by atoms with Crippen LogP contribution in [0.2, 0.25) is 10.0 Å². The molecule has 0 saturated carbocycles. The van der Waals surface area contributed by atoms with Crippen molar-refractivity contribution in [3.05, 3.63) is 54.9 Å².